The molecule has 26 heavy (non-hydrogen) atoms. The molecule has 0 N–H and O–H groups in total. The molecular formula is C20H24N4O2. The molecule has 6 nitrogen and oxygen atoms in total. The maximum atomic E-state index is 12.2. The number of hydrogen-bond acceptors (Lipinski definition) is 5. The smallest absolute Gasteiger partial charge is 0.211 e. The standard InChI is InChI=1S/C20H24N4O2/c1-22(2)14-10-18(25)20-19(26)11-15-24(21-20)17-8-6-16(7-9-17)23-12-4-3-5-13-23/h6-11,14-15H,3-5,12-13H2,1-2H3/b14-10+. The first kappa shape index (κ1) is 17.9. The monoisotopic (exact) mass is 352 g/mol. The number of rotatable bonds is 5. The molecule has 0 radical (unpaired) electrons. The van der Waals surface area contributed by atoms with Crippen LogP contribution in [0.5, 0.6) is 0 Å². The zero-order valence-electron chi connectivity index (χ0n) is 15.3. The molecule has 6 heteroatoms. The zero-order chi connectivity index (χ0) is 18.5. The van der Waals surface area contributed by atoms with E-state index in [0.29, 0.717) is 0 Å². The van der Waals surface area contributed by atoms with Gasteiger partial charge in [-0.25, -0.2) is 4.68 Å². The number of carbonyl (C=O) groups is 1. The SMILES string of the molecule is CN(C)/C=C/C(=O)c1nn(-c2ccc(N3CCCCC3)cc2)ccc1=O. The minimum Gasteiger partial charge on any atom is -0.383 e. The summed E-state index contributed by atoms with van der Waals surface area (Å²) in [5.74, 6) is -0.400. The maximum Gasteiger partial charge on any atom is 0.211 e. The van der Waals surface area contributed by atoms with Crippen molar-refractivity contribution in [2.24, 2.45) is 0 Å². The summed E-state index contributed by atoms with van der Waals surface area (Å²) in [4.78, 5) is 28.3. The van der Waals surface area contributed by atoms with Crippen LogP contribution < -0.4 is 10.3 Å². The lowest BCUT2D eigenvalue weighted by Crippen LogP contribution is -2.29. The van der Waals surface area contributed by atoms with Crippen LogP contribution in [0.2, 0.25) is 0 Å². The first-order valence-corrected chi connectivity index (χ1v) is 8.89. The molecule has 2 aromatic rings. The summed E-state index contributed by atoms with van der Waals surface area (Å²) in [6.45, 7) is 2.18. The number of allylic oxidation sites excluding steroid dienone is 1. The molecule has 0 saturated carbocycles. The number of hydrogen-bond donors (Lipinski definition) is 0. The van der Waals surface area contributed by atoms with E-state index in [1.54, 1.807) is 22.0 Å². The number of nitrogens with zero attached hydrogens (tertiary/aromatic N) is 4. The van der Waals surface area contributed by atoms with Crippen LogP contribution in [0.25, 0.3) is 5.69 Å². The highest BCUT2D eigenvalue weighted by atomic mass is 16.1. The third-order valence-electron chi connectivity index (χ3n) is 4.40. The summed E-state index contributed by atoms with van der Waals surface area (Å²) in [7, 11) is 3.62. The van der Waals surface area contributed by atoms with Crippen molar-refractivity contribution in [3.05, 3.63) is 64.7 Å². The Morgan fingerprint density at radius 1 is 1.04 bits per heavy atom. The predicted octanol–water partition coefficient (Wildman–Crippen LogP) is 2.48. The van der Waals surface area contributed by atoms with Gasteiger partial charge in [-0.2, -0.15) is 5.10 Å². The second-order valence-corrected chi connectivity index (χ2v) is 6.68. The van der Waals surface area contributed by atoms with E-state index in [9.17, 15) is 9.59 Å². The van der Waals surface area contributed by atoms with Gasteiger partial charge >= 0.3 is 0 Å². The molecule has 0 spiro atoms. The van der Waals surface area contributed by atoms with Crippen LogP contribution in [-0.4, -0.2) is 47.6 Å². The van der Waals surface area contributed by atoms with Crippen LogP contribution in [0.15, 0.2) is 53.6 Å². The fourth-order valence-corrected chi connectivity index (χ4v) is 2.99. The van der Waals surface area contributed by atoms with Gasteiger partial charge in [0.25, 0.3) is 0 Å². The molecule has 0 amide bonds. The highest BCUT2D eigenvalue weighted by Crippen LogP contribution is 2.21. The Morgan fingerprint density at radius 3 is 2.35 bits per heavy atom. The predicted molar refractivity (Wildman–Crippen MR) is 103 cm³/mol. The van der Waals surface area contributed by atoms with Gasteiger partial charge in [-0.05, 0) is 43.5 Å². The van der Waals surface area contributed by atoms with E-state index in [-0.39, 0.29) is 11.1 Å². The molecule has 0 atom stereocenters. The van der Waals surface area contributed by atoms with Gasteiger partial charge in [0.2, 0.25) is 11.2 Å². The van der Waals surface area contributed by atoms with Crippen LogP contribution >= 0.6 is 0 Å². The van der Waals surface area contributed by atoms with Crippen LogP contribution in [0, 0.1) is 0 Å². The quantitative estimate of drug-likeness (QED) is 0.611. The summed E-state index contributed by atoms with van der Waals surface area (Å²) in [5.41, 5.74) is 1.56. The fourth-order valence-electron chi connectivity index (χ4n) is 2.99. The van der Waals surface area contributed by atoms with Crippen LogP contribution in [-0.2, 0) is 0 Å². The van der Waals surface area contributed by atoms with Gasteiger partial charge in [0.1, 0.15) is 0 Å². The molecule has 1 aliphatic rings. The average Bonchev–Trinajstić information content (AvgIpc) is 2.67. The van der Waals surface area contributed by atoms with Gasteiger partial charge in [0.15, 0.2) is 5.69 Å². The molecule has 2 heterocycles. The molecule has 0 aliphatic carbocycles. The Morgan fingerprint density at radius 2 is 1.69 bits per heavy atom. The van der Waals surface area contributed by atoms with E-state index < -0.39 is 5.78 Å². The molecule has 3 rings (SSSR count). The van der Waals surface area contributed by atoms with Crippen LogP contribution in [0.4, 0.5) is 5.69 Å². The lowest BCUT2D eigenvalue weighted by Gasteiger charge is -2.28. The van der Waals surface area contributed by atoms with E-state index >= 15 is 0 Å². The number of aromatic nitrogens is 2. The number of carbonyl (C=O) groups excluding carboxylic acids is 1. The Labute approximate surface area is 153 Å². The van der Waals surface area contributed by atoms with Gasteiger partial charge in [-0.15, -0.1) is 0 Å². The van der Waals surface area contributed by atoms with Crippen molar-refractivity contribution in [2.75, 3.05) is 32.1 Å². The molecule has 0 bridgehead atoms. The van der Waals surface area contributed by atoms with E-state index in [2.05, 4.69) is 22.1 Å². The summed E-state index contributed by atoms with van der Waals surface area (Å²) in [5, 5.41) is 4.23. The van der Waals surface area contributed by atoms with Crippen molar-refractivity contribution in [1.29, 1.82) is 0 Å². The summed E-state index contributed by atoms with van der Waals surface area (Å²) >= 11 is 0. The van der Waals surface area contributed by atoms with E-state index in [4.69, 9.17) is 0 Å². The molecule has 1 aromatic carbocycles. The second kappa shape index (κ2) is 7.99. The number of piperidine rings is 1. The van der Waals surface area contributed by atoms with Crippen molar-refractivity contribution in [1.82, 2.24) is 14.7 Å². The van der Waals surface area contributed by atoms with Gasteiger partial charge in [-0.1, -0.05) is 0 Å². The Bertz CT molecular complexity index is 847. The van der Waals surface area contributed by atoms with Gasteiger partial charge in [-0.3, -0.25) is 9.59 Å². The van der Waals surface area contributed by atoms with E-state index in [0.717, 1.165) is 18.8 Å². The minimum absolute atomic E-state index is 0.0780. The number of benzene rings is 1. The lowest BCUT2D eigenvalue weighted by atomic mass is 10.1. The van der Waals surface area contributed by atoms with Crippen molar-refractivity contribution in [3.8, 4) is 5.69 Å². The zero-order valence-corrected chi connectivity index (χ0v) is 15.3. The Kier molecular flexibility index (Phi) is 5.51. The van der Waals surface area contributed by atoms with E-state index in [1.165, 1.54) is 37.1 Å². The first-order chi connectivity index (χ1) is 12.5. The third-order valence-corrected chi connectivity index (χ3v) is 4.40. The molecule has 1 saturated heterocycles. The Hall–Kier alpha value is -2.89. The highest BCUT2D eigenvalue weighted by molar-refractivity contribution is 6.02. The van der Waals surface area contributed by atoms with Crippen LogP contribution in [0.3, 0.4) is 0 Å². The fraction of sp³-hybridized carbons (Fsp3) is 0.350. The summed E-state index contributed by atoms with van der Waals surface area (Å²) in [6.07, 6.45) is 8.31. The molecule has 1 aliphatic heterocycles. The first-order valence-electron chi connectivity index (χ1n) is 8.89. The third kappa shape index (κ3) is 4.20. The minimum atomic E-state index is -0.400. The van der Waals surface area contributed by atoms with Gasteiger partial charge < -0.3 is 9.80 Å². The number of anilines is 1. The van der Waals surface area contributed by atoms with Crippen molar-refractivity contribution in [2.45, 2.75) is 19.3 Å². The highest BCUT2D eigenvalue weighted by Gasteiger charge is 2.13. The summed E-state index contributed by atoms with van der Waals surface area (Å²) < 4.78 is 1.57. The van der Waals surface area contributed by atoms with Crippen molar-refractivity contribution < 1.29 is 4.79 Å². The maximum absolute atomic E-state index is 12.2. The summed E-state index contributed by atoms with van der Waals surface area (Å²) in [6, 6.07) is 9.43. The van der Waals surface area contributed by atoms with E-state index in [1.807, 2.05) is 26.2 Å². The molecular weight excluding hydrogens is 328 g/mol. The van der Waals surface area contributed by atoms with Gasteiger partial charge in [0, 0.05) is 57.4 Å². The topological polar surface area (TPSA) is 58.4 Å². The normalized spacial score (nSPS) is 14.6. The largest absolute Gasteiger partial charge is 0.383 e. The molecule has 136 valence electrons. The molecule has 0 unspecified atom stereocenters. The van der Waals surface area contributed by atoms with Gasteiger partial charge in [0.05, 0.1) is 5.69 Å². The van der Waals surface area contributed by atoms with Crippen molar-refractivity contribution >= 4 is 11.5 Å². The van der Waals surface area contributed by atoms with Crippen molar-refractivity contribution in [3.63, 3.8) is 0 Å². The lowest BCUT2D eigenvalue weighted by molar-refractivity contribution is 0.103. The number of ketones is 1. The molecule has 1 fully saturated rings. The molecule has 1 aromatic heterocycles. The average molecular weight is 352 g/mol. The van der Waals surface area contributed by atoms with Crippen LogP contribution in [0.1, 0.15) is 29.8 Å². The second-order valence-electron chi connectivity index (χ2n) is 6.68. The Balaban J connectivity index is 1.84.